The minimum absolute atomic E-state index is 0.000458. The molecule has 3 rings (SSSR count). The monoisotopic (exact) mass is 496 g/mol. The van der Waals surface area contributed by atoms with Gasteiger partial charge in [0.25, 0.3) is 5.91 Å². The number of carbonyl (C=O) groups is 2. The molecule has 0 bridgehead atoms. The Morgan fingerprint density at radius 3 is 2.35 bits per heavy atom. The first-order chi connectivity index (χ1) is 16.2. The van der Waals surface area contributed by atoms with Gasteiger partial charge in [0, 0.05) is 13.1 Å². The number of benzene rings is 2. The molecule has 0 radical (unpaired) electrons. The molecule has 2 aromatic carbocycles. The fraction of sp³-hybridized carbons (Fsp3) is 0.391. The number of esters is 1. The highest BCUT2D eigenvalue weighted by Crippen LogP contribution is 2.27. The van der Waals surface area contributed by atoms with Gasteiger partial charge in [-0.05, 0) is 49.2 Å². The number of hydrogen-bond donors (Lipinski definition) is 1. The number of ether oxygens (including phenoxy) is 2. The zero-order valence-corrected chi connectivity index (χ0v) is 19.4. The number of carbonyl (C=O) groups excluding carboxylic acids is 2. The topological polar surface area (TPSA) is 102 Å². The van der Waals surface area contributed by atoms with Crippen LogP contribution in [0.15, 0.2) is 53.4 Å². The van der Waals surface area contributed by atoms with Crippen LogP contribution in [0.1, 0.15) is 42.5 Å². The fourth-order valence-corrected chi connectivity index (χ4v) is 5.16. The molecule has 1 N–H and O–H groups in total. The maximum Gasteiger partial charge on any atom is 0.387 e. The number of nitrogens with zero attached hydrogens (tertiary/aromatic N) is 1. The first-order valence-electron chi connectivity index (χ1n) is 10.8. The number of rotatable bonds is 9. The van der Waals surface area contributed by atoms with Crippen LogP contribution < -0.4 is 10.1 Å². The van der Waals surface area contributed by atoms with Gasteiger partial charge in [-0.3, -0.25) is 4.79 Å². The lowest BCUT2D eigenvalue weighted by molar-refractivity contribution is -0.119. The minimum Gasteiger partial charge on any atom is -0.452 e. The summed E-state index contributed by atoms with van der Waals surface area (Å²) in [6.07, 6.45) is 4.73. The first-order valence-corrected chi connectivity index (χ1v) is 12.2. The second kappa shape index (κ2) is 11.4. The third-order valence-electron chi connectivity index (χ3n) is 5.57. The normalized spacial score (nSPS) is 14.7. The minimum atomic E-state index is -3.70. The zero-order chi connectivity index (χ0) is 24.7. The Balaban J connectivity index is 1.57. The Morgan fingerprint density at radius 2 is 1.71 bits per heavy atom. The molecule has 0 aromatic heterocycles. The van der Waals surface area contributed by atoms with Crippen LogP contribution in [0, 0.1) is 0 Å². The Bertz CT molecular complexity index is 1100. The van der Waals surface area contributed by atoms with E-state index < -0.39 is 35.1 Å². The fourth-order valence-electron chi connectivity index (χ4n) is 3.74. The van der Waals surface area contributed by atoms with Gasteiger partial charge in [0.1, 0.15) is 5.75 Å². The second-order valence-electron chi connectivity index (χ2n) is 7.84. The number of anilines is 1. The van der Waals surface area contributed by atoms with E-state index in [1.54, 1.807) is 7.05 Å². The maximum atomic E-state index is 12.9. The molecule has 2 aromatic rings. The van der Waals surface area contributed by atoms with Crippen LogP contribution in [-0.4, -0.2) is 50.9 Å². The van der Waals surface area contributed by atoms with E-state index in [0.29, 0.717) is 0 Å². The predicted octanol–water partition coefficient (Wildman–Crippen LogP) is 4.04. The van der Waals surface area contributed by atoms with E-state index in [2.05, 4.69) is 10.1 Å². The van der Waals surface area contributed by atoms with Crippen molar-refractivity contribution < 1.29 is 36.3 Å². The van der Waals surface area contributed by atoms with Crippen molar-refractivity contribution in [2.75, 3.05) is 19.0 Å². The van der Waals surface area contributed by atoms with Crippen molar-refractivity contribution in [1.29, 1.82) is 0 Å². The summed E-state index contributed by atoms with van der Waals surface area (Å²) in [5, 5.41) is 2.34. The highest BCUT2D eigenvalue weighted by atomic mass is 32.2. The van der Waals surface area contributed by atoms with Crippen LogP contribution in [-0.2, 0) is 19.6 Å². The average molecular weight is 497 g/mol. The Labute approximate surface area is 196 Å². The smallest absolute Gasteiger partial charge is 0.387 e. The summed E-state index contributed by atoms with van der Waals surface area (Å²) in [7, 11) is -2.14. The number of halogens is 2. The van der Waals surface area contributed by atoms with Crippen LogP contribution >= 0.6 is 0 Å². The third-order valence-corrected chi connectivity index (χ3v) is 7.49. The Morgan fingerprint density at radius 1 is 1.06 bits per heavy atom. The van der Waals surface area contributed by atoms with Gasteiger partial charge >= 0.3 is 12.6 Å². The molecule has 0 unspecified atom stereocenters. The van der Waals surface area contributed by atoms with E-state index in [1.807, 2.05) is 0 Å². The van der Waals surface area contributed by atoms with Gasteiger partial charge < -0.3 is 14.8 Å². The van der Waals surface area contributed by atoms with E-state index >= 15 is 0 Å². The van der Waals surface area contributed by atoms with E-state index in [-0.39, 0.29) is 27.9 Å². The van der Waals surface area contributed by atoms with Crippen molar-refractivity contribution in [3.63, 3.8) is 0 Å². The average Bonchev–Trinajstić information content (AvgIpc) is 2.83. The highest BCUT2D eigenvalue weighted by molar-refractivity contribution is 7.89. The Hall–Kier alpha value is -3.05. The van der Waals surface area contributed by atoms with Gasteiger partial charge in [0.2, 0.25) is 10.0 Å². The lowest BCUT2D eigenvalue weighted by Crippen LogP contribution is -2.38. The molecule has 1 aliphatic carbocycles. The van der Waals surface area contributed by atoms with Gasteiger partial charge in [-0.2, -0.15) is 13.1 Å². The standard InChI is InChI=1S/C23H26F2N2O6S/c1-27(17-7-3-2-4-8-17)34(30,31)18-13-11-16(12-14-18)22(29)32-15-21(28)26-19-9-5-6-10-20(19)33-23(24)25/h5-6,9-14,17,23H,2-4,7-8,15H2,1H3,(H,26,28). The molecule has 0 atom stereocenters. The van der Waals surface area contributed by atoms with Crippen LogP contribution in [0.3, 0.4) is 0 Å². The summed E-state index contributed by atoms with van der Waals surface area (Å²) in [5.74, 6) is -1.82. The van der Waals surface area contributed by atoms with Crippen LogP contribution in [0.4, 0.5) is 14.5 Å². The number of amides is 1. The summed E-state index contributed by atoms with van der Waals surface area (Å²) in [4.78, 5) is 24.4. The number of alkyl halides is 2. The van der Waals surface area contributed by atoms with Gasteiger partial charge in [-0.15, -0.1) is 0 Å². The molecule has 1 aliphatic rings. The van der Waals surface area contributed by atoms with E-state index in [1.165, 1.54) is 52.8 Å². The van der Waals surface area contributed by atoms with E-state index in [4.69, 9.17) is 4.74 Å². The van der Waals surface area contributed by atoms with Crippen molar-refractivity contribution in [2.24, 2.45) is 0 Å². The van der Waals surface area contributed by atoms with Crippen LogP contribution in [0.5, 0.6) is 5.75 Å². The third kappa shape index (κ3) is 6.51. The number of para-hydroxylation sites is 2. The number of nitrogens with one attached hydrogen (secondary N) is 1. The van der Waals surface area contributed by atoms with Crippen molar-refractivity contribution in [1.82, 2.24) is 4.31 Å². The largest absolute Gasteiger partial charge is 0.452 e. The van der Waals surface area contributed by atoms with Gasteiger partial charge in [0.05, 0.1) is 16.1 Å². The zero-order valence-electron chi connectivity index (χ0n) is 18.6. The molecule has 0 saturated heterocycles. The van der Waals surface area contributed by atoms with Crippen molar-refractivity contribution in [3.8, 4) is 5.75 Å². The molecular formula is C23H26F2N2O6S. The summed E-state index contributed by atoms with van der Waals surface area (Å²) in [6, 6.07) is 10.8. The molecule has 0 aliphatic heterocycles. The molecule has 184 valence electrons. The molecule has 1 fully saturated rings. The second-order valence-corrected chi connectivity index (χ2v) is 9.83. The number of hydrogen-bond acceptors (Lipinski definition) is 6. The Kier molecular flexibility index (Phi) is 8.56. The molecular weight excluding hydrogens is 470 g/mol. The summed E-state index contributed by atoms with van der Waals surface area (Å²) >= 11 is 0. The molecule has 34 heavy (non-hydrogen) atoms. The molecule has 1 amide bonds. The van der Waals surface area contributed by atoms with Gasteiger partial charge in [-0.25, -0.2) is 13.2 Å². The summed E-state index contributed by atoms with van der Waals surface area (Å²) in [5.41, 5.74) is 0.0639. The van der Waals surface area contributed by atoms with Gasteiger partial charge in [-0.1, -0.05) is 31.4 Å². The lowest BCUT2D eigenvalue weighted by atomic mass is 9.96. The molecule has 8 nitrogen and oxygen atoms in total. The maximum absolute atomic E-state index is 12.9. The van der Waals surface area contributed by atoms with Crippen molar-refractivity contribution in [3.05, 3.63) is 54.1 Å². The first kappa shape index (κ1) is 25.6. The van der Waals surface area contributed by atoms with Crippen molar-refractivity contribution in [2.45, 2.75) is 49.7 Å². The SMILES string of the molecule is CN(C1CCCCC1)S(=O)(=O)c1ccc(C(=O)OCC(=O)Nc2ccccc2OC(F)F)cc1. The molecule has 0 spiro atoms. The van der Waals surface area contributed by atoms with E-state index in [0.717, 1.165) is 32.1 Å². The highest BCUT2D eigenvalue weighted by Gasteiger charge is 2.29. The van der Waals surface area contributed by atoms with Crippen LogP contribution in [0.25, 0.3) is 0 Å². The quantitative estimate of drug-likeness (QED) is 0.526. The molecule has 11 heteroatoms. The van der Waals surface area contributed by atoms with Crippen molar-refractivity contribution >= 4 is 27.6 Å². The number of sulfonamides is 1. The molecule has 1 saturated carbocycles. The van der Waals surface area contributed by atoms with E-state index in [9.17, 15) is 26.8 Å². The van der Waals surface area contributed by atoms with Crippen LogP contribution in [0.2, 0.25) is 0 Å². The molecule has 0 heterocycles. The lowest BCUT2D eigenvalue weighted by Gasteiger charge is -2.30. The summed E-state index contributed by atoms with van der Waals surface area (Å²) in [6.45, 7) is -3.74. The summed E-state index contributed by atoms with van der Waals surface area (Å²) < 4.78 is 61.4. The predicted molar refractivity (Wildman–Crippen MR) is 120 cm³/mol. The van der Waals surface area contributed by atoms with Gasteiger partial charge in [0.15, 0.2) is 6.61 Å².